The molecule has 18 heavy (non-hydrogen) atoms. The van der Waals surface area contributed by atoms with Crippen LogP contribution in [0.1, 0.15) is 18.1 Å². The maximum absolute atomic E-state index is 13.8. The van der Waals surface area contributed by atoms with Gasteiger partial charge in [0.1, 0.15) is 18.2 Å². The number of benzene rings is 1. The lowest BCUT2D eigenvalue weighted by molar-refractivity contribution is -0.189. The zero-order valence-corrected chi connectivity index (χ0v) is 9.72. The largest absolute Gasteiger partial charge is 0.491 e. The molecule has 1 aliphatic rings. The van der Waals surface area contributed by atoms with Crippen molar-refractivity contribution in [3.8, 4) is 11.8 Å². The first-order valence-corrected chi connectivity index (χ1v) is 5.38. The summed E-state index contributed by atoms with van der Waals surface area (Å²) in [6, 6.07) is 4.28. The molecule has 5 nitrogen and oxygen atoms in total. The van der Waals surface area contributed by atoms with Crippen molar-refractivity contribution in [1.82, 2.24) is 5.06 Å². The molecule has 1 heterocycles. The minimum absolute atomic E-state index is 0.0901. The molecule has 1 aromatic carbocycles. The highest BCUT2D eigenvalue weighted by Crippen LogP contribution is 2.28. The molecular weight excluding hydrogens is 239 g/mol. The number of hydrogen-bond acceptors (Lipinski definition) is 5. The Morgan fingerprint density at radius 2 is 2.44 bits per heavy atom. The van der Waals surface area contributed by atoms with Gasteiger partial charge in [-0.15, -0.1) is 5.06 Å². The number of hydrogen-bond donors (Lipinski definition) is 0. The normalized spacial score (nSPS) is 19.1. The number of nitrogens with zero attached hydrogens (tertiary/aromatic N) is 2. The van der Waals surface area contributed by atoms with Gasteiger partial charge in [-0.2, -0.15) is 5.26 Å². The Morgan fingerprint density at radius 1 is 1.67 bits per heavy atom. The first-order chi connectivity index (χ1) is 8.65. The molecule has 0 aromatic heterocycles. The lowest BCUT2D eigenvalue weighted by atomic mass is 10.1. The second-order valence-corrected chi connectivity index (χ2v) is 3.98. The van der Waals surface area contributed by atoms with Gasteiger partial charge in [0.15, 0.2) is 0 Å². The van der Waals surface area contributed by atoms with Crippen LogP contribution in [-0.2, 0) is 16.2 Å². The first-order valence-electron chi connectivity index (χ1n) is 5.38. The zero-order chi connectivity index (χ0) is 13.1. The van der Waals surface area contributed by atoms with Gasteiger partial charge >= 0.3 is 6.47 Å². The van der Waals surface area contributed by atoms with Gasteiger partial charge in [0.25, 0.3) is 0 Å². The van der Waals surface area contributed by atoms with Crippen molar-refractivity contribution in [2.45, 2.75) is 19.5 Å². The van der Waals surface area contributed by atoms with Gasteiger partial charge in [-0.05, 0) is 19.1 Å². The molecule has 1 aliphatic heterocycles. The third kappa shape index (κ3) is 2.26. The topological polar surface area (TPSA) is 62.6 Å². The van der Waals surface area contributed by atoms with Gasteiger partial charge in [-0.1, -0.05) is 0 Å². The lowest BCUT2D eigenvalue weighted by Crippen LogP contribution is -2.34. The van der Waals surface area contributed by atoms with E-state index >= 15 is 0 Å². The number of halogens is 1. The summed E-state index contributed by atoms with van der Waals surface area (Å²) < 4.78 is 19.3. The molecule has 1 aromatic rings. The fourth-order valence-corrected chi connectivity index (χ4v) is 1.76. The smallest absolute Gasteiger partial charge is 0.313 e. The van der Waals surface area contributed by atoms with E-state index in [0.717, 1.165) is 6.07 Å². The van der Waals surface area contributed by atoms with Crippen molar-refractivity contribution in [2.24, 2.45) is 0 Å². The fraction of sp³-hybridized carbons (Fsp3) is 0.333. The van der Waals surface area contributed by atoms with Crippen molar-refractivity contribution < 1.29 is 18.8 Å². The van der Waals surface area contributed by atoms with E-state index in [1.54, 1.807) is 6.92 Å². The molecule has 0 fully saturated rings. The quantitative estimate of drug-likeness (QED) is 0.742. The number of rotatable bonds is 2. The summed E-state index contributed by atoms with van der Waals surface area (Å²) in [6.45, 7) is 2.42. The van der Waals surface area contributed by atoms with Gasteiger partial charge in [0.05, 0.1) is 24.2 Å². The average Bonchev–Trinajstić information content (AvgIpc) is 2.51. The highest BCUT2D eigenvalue weighted by molar-refractivity contribution is 5.44. The SMILES string of the molecule is CC1COc2cc(C#N)cc(F)c2CN1OC=O. The van der Waals surface area contributed by atoms with Crippen LogP contribution < -0.4 is 4.74 Å². The Kier molecular flexibility index (Phi) is 3.44. The molecule has 0 N–H and O–H groups in total. The van der Waals surface area contributed by atoms with E-state index < -0.39 is 5.82 Å². The minimum Gasteiger partial charge on any atom is -0.491 e. The molecule has 0 radical (unpaired) electrons. The molecule has 94 valence electrons. The van der Waals surface area contributed by atoms with Crippen LogP contribution >= 0.6 is 0 Å². The van der Waals surface area contributed by atoms with Crippen LogP contribution in [0.25, 0.3) is 0 Å². The van der Waals surface area contributed by atoms with Crippen molar-refractivity contribution in [2.75, 3.05) is 6.61 Å². The lowest BCUT2D eigenvalue weighted by Gasteiger charge is -2.21. The van der Waals surface area contributed by atoms with Gasteiger partial charge in [0.2, 0.25) is 0 Å². The molecule has 0 saturated heterocycles. The molecule has 1 unspecified atom stereocenters. The summed E-state index contributed by atoms with van der Waals surface area (Å²) in [5.41, 5.74) is 0.476. The van der Waals surface area contributed by atoms with E-state index in [4.69, 9.17) is 14.8 Å². The van der Waals surface area contributed by atoms with Crippen LogP contribution in [0.5, 0.6) is 5.75 Å². The summed E-state index contributed by atoms with van der Waals surface area (Å²) in [5.74, 6) is -0.229. The highest BCUT2D eigenvalue weighted by atomic mass is 19.1. The van der Waals surface area contributed by atoms with Gasteiger partial charge < -0.3 is 9.57 Å². The Bertz CT molecular complexity index is 513. The number of nitriles is 1. The molecule has 0 amide bonds. The summed E-state index contributed by atoms with van der Waals surface area (Å²) in [7, 11) is 0. The Hall–Kier alpha value is -2.13. The van der Waals surface area contributed by atoms with E-state index in [1.807, 2.05) is 6.07 Å². The van der Waals surface area contributed by atoms with Crippen LogP contribution in [0.15, 0.2) is 12.1 Å². The molecule has 6 heteroatoms. The fourth-order valence-electron chi connectivity index (χ4n) is 1.76. The third-order valence-corrected chi connectivity index (χ3v) is 2.75. The van der Waals surface area contributed by atoms with E-state index in [9.17, 15) is 9.18 Å². The zero-order valence-electron chi connectivity index (χ0n) is 9.72. The van der Waals surface area contributed by atoms with Crippen LogP contribution in [0.4, 0.5) is 4.39 Å². The monoisotopic (exact) mass is 250 g/mol. The van der Waals surface area contributed by atoms with Crippen molar-refractivity contribution in [1.29, 1.82) is 5.26 Å². The maximum atomic E-state index is 13.8. The number of ether oxygens (including phenoxy) is 1. The van der Waals surface area contributed by atoms with E-state index in [0.29, 0.717) is 12.2 Å². The summed E-state index contributed by atoms with van der Waals surface area (Å²) in [4.78, 5) is 15.2. The average molecular weight is 250 g/mol. The molecule has 2 rings (SSSR count). The highest BCUT2D eigenvalue weighted by Gasteiger charge is 2.25. The number of fused-ring (bicyclic) bond motifs is 1. The van der Waals surface area contributed by atoms with Gasteiger partial charge in [-0.25, -0.2) is 4.39 Å². The Morgan fingerprint density at radius 3 is 3.11 bits per heavy atom. The molecular formula is C12H11FN2O3. The van der Waals surface area contributed by atoms with Crippen molar-refractivity contribution in [3.63, 3.8) is 0 Å². The Labute approximate surface area is 103 Å². The van der Waals surface area contributed by atoms with Crippen LogP contribution in [0.2, 0.25) is 0 Å². The van der Waals surface area contributed by atoms with Crippen molar-refractivity contribution in [3.05, 3.63) is 29.1 Å². The van der Waals surface area contributed by atoms with E-state index in [1.165, 1.54) is 11.1 Å². The predicted molar refractivity (Wildman–Crippen MR) is 58.8 cm³/mol. The number of hydroxylamine groups is 2. The van der Waals surface area contributed by atoms with E-state index in [-0.39, 0.29) is 30.3 Å². The maximum Gasteiger partial charge on any atom is 0.313 e. The minimum atomic E-state index is -0.544. The van der Waals surface area contributed by atoms with Crippen molar-refractivity contribution >= 4 is 6.47 Å². The van der Waals surface area contributed by atoms with Gasteiger partial charge in [-0.3, -0.25) is 4.79 Å². The Balaban J connectivity index is 2.39. The van der Waals surface area contributed by atoms with Crippen LogP contribution in [0, 0.1) is 17.1 Å². The molecule has 0 aliphatic carbocycles. The third-order valence-electron chi connectivity index (χ3n) is 2.75. The second-order valence-electron chi connectivity index (χ2n) is 3.98. The van der Waals surface area contributed by atoms with E-state index in [2.05, 4.69) is 0 Å². The first kappa shape index (κ1) is 12.3. The molecule has 0 bridgehead atoms. The summed E-state index contributed by atoms with van der Waals surface area (Å²) in [6.07, 6.45) is 0. The predicted octanol–water partition coefficient (Wildman–Crippen LogP) is 1.37. The summed E-state index contributed by atoms with van der Waals surface area (Å²) >= 11 is 0. The van der Waals surface area contributed by atoms with Gasteiger partial charge in [0, 0.05) is 5.56 Å². The molecule has 0 saturated carbocycles. The molecule has 1 atom stereocenters. The second kappa shape index (κ2) is 5.02. The summed E-state index contributed by atoms with van der Waals surface area (Å²) in [5, 5.41) is 10.1. The number of carbonyl (C=O) groups is 1. The number of carbonyl (C=O) groups excluding carboxylic acids is 1. The van der Waals surface area contributed by atoms with Crippen LogP contribution in [-0.4, -0.2) is 24.2 Å². The standard InChI is InChI=1S/C12H11FN2O3/c1-8-6-17-12-3-9(4-14)2-11(13)10(12)5-15(8)18-7-16/h2-3,7-8H,5-6H2,1H3. The molecule has 0 spiro atoms. The van der Waals surface area contributed by atoms with Crippen LogP contribution in [0.3, 0.4) is 0 Å².